The van der Waals surface area contributed by atoms with Crippen LogP contribution in [0.2, 0.25) is 0 Å². The average molecular weight is 248 g/mol. The maximum Gasteiger partial charge on any atom is 0.0369 e. The lowest BCUT2D eigenvalue weighted by atomic mass is 9.86. The van der Waals surface area contributed by atoms with Crippen LogP contribution in [0.5, 0.6) is 0 Å². The van der Waals surface area contributed by atoms with Gasteiger partial charge in [-0.25, -0.2) is 0 Å². The monoisotopic (exact) mass is 248 g/mol. The lowest BCUT2D eigenvalue weighted by Gasteiger charge is -2.34. The molecule has 1 unspecified atom stereocenters. The largest absolute Gasteiger partial charge is 0.373 e. The summed E-state index contributed by atoms with van der Waals surface area (Å²) in [5.74, 6) is 0. The predicted molar refractivity (Wildman–Crippen MR) is 81.5 cm³/mol. The maximum atomic E-state index is 3.43. The number of aryl methyl sites for hydroxylation is 2. The first kappa shape index (κ1) is 15.0. The van der Waals surface area contributed by atoms with Gasteiger partial charge in [0, 0.05) is 25.3 Å². The van der Waals surface area contributed by atoms with Gasteiger partial charge in [0.05, 0.1) is 0 Å². The topological polar surface area (TPSA) is 15.3 Å². The molecule has 0 heterocycles. The molecule has 0 bridgehead atoms. The van der Waals surface area contributed by atoms with Crippen LogP contribution in [0.15, 0.2) is 18.2 Å². The minimum absolute atomic E-state index is 0.266. The molecule has 2 heteroatoms. The van der Waals surface area contributed by atoms with Crippen molar-refractivity contribution in [2.24, 2.45) is 5.41 Å². The molecular weight excluding hydrogens is 220 g/mol. The van der Waals surface area contributed by atoms with Crippen LogP contribution in [0, 0.1) is 19.3 Å². The Morgan fingerprint density at radius 2 is 1.61 bits per heavy atom. The first-order chi connectivity index (χ1) is 8.24. The van der Waals surface area contributed by atoms with Crippen LogP contribution >= 0.6 is 0 Å². The molecule has 0 aromatic heterocycles. The molecule has 1 aromatic carbocycles. The van der Waals surface area contributed by atoms with Gasteiger partial charge in [-0.15, -0.1) is 0 Å². The van der Waals surface area contributed by atoms with Crippen molar-refractivity contribution in [3.05, 3.63) is 29.3 Å². The molecule has 0 spiro atoms. The van der Waals surface area contributed by atoms with Gasteiger partial charge in [-0.3, -0.25) is 0 Å². The highest BCUT2D eigenvalue weighted by Crippen LogP contribution is 2.23. The van der Waals surface area contributed by atoms with Gasteiger partial charge < -0.3 is 10.2 Å². The van der Waals surface area contributed by atoms with E-state index in [1.807, 2.05) is 7.05 Å². The lowest BCUT2D eigenvalue weighted by molar-refractivity contribution is 0.285. The van der Waals surface area contributed by atoms with E-state index in [4.69, 9.17) is 0 Å². The number of benzene rings is 1. The third kappa shape index (κ3) is 4.02. The van der Waals surface area contributed by atoms with E-state index < -0.39 is 0 Å². The number of hydrogen-bond acceptors (Lipinski definition) is 2. The SMILES string of the molecule is CNC(CN(C)c1cc(C)cc(C)c1)C(C)(C)C. The summed E-state index contributed by atoms with van der Waals surface area (Å²) in [5, 5.41) is 3.43. The van der Waals surface area contributed by atoms with Crippen molar-refractivity contribution in [1.82, 2.24) is 5.32 Å². The van der Waals surface area contributed by atoms with Gasteiger partial charge in [-0.05, 0) is 49.6 Å². The zero-order chi connectivity index (χ0) is 13.9. The highest BCUT2D eigenvalue weighted by atomic mass is 15.1. The van der Waals surface area contributed by atoms with E-state index in [0.717, 1.165) is 6.54 Å². The van der Waals surface area contributed by atoms with Crippen molar-refractivity contribution in [2.45, 2.75) is 40.7 Å². The molecule has 102 valence electrons. The molecular formula is C16H28N2. The summed E-state index contributed by atoms with van der Waals surface area (Å²) >= 11 is 0. The summed E-state index contributed by atoms with van der Waals surface area (Å²) in [7, 11) is 4.22. The van der Waals surface area contributed by atoms with Crippen LogP contribution < -0.4 is 10.2 Å². The Hall–Kier alpha value is -1.02. The van der Waals surface area contributed by atoms with E-state index >= 15 is 0 Å². The van der Waals surface area contributed by atoms with Gasteiger partial charge in [-0.2, -0.15) is 0 Å². The molecule has 18 heavy (non-hydrogen) atoms. The molecule has 1 N–H and O–H groups in total. The van der Waals surface area contributed by atoms with Gasteiger partial charge in [0.1, 0.15) is 0 Å². The van der Waals surface area contributed by atoms with Crippen molar-refractivity contribution < 1.29 is 0 Å². The minimum atomic E-state index is 0.266. The normalized spacial score (nSPS) is 13.5. The molecule has 2 nitrogen and oxygen atoms in total. The highest BCUT2D eigenvalue weighted by molar-refractivity contribution is 5.50. The smallest absolute Gasteiger partial charge is 0.0369 e. The Balaban J connectivity index is 2.84. The van der Waals surface area contributed by atoms with Crippen molar-refractivity contribution >= 4 is 5.69 Å². The third-order valence-corrected chi connectivity index (χ3v) is 3.50. The van der Waals surface area contributed by atoms with Crippen LogP contribution in [0.3, 0.4) is 0 Å². The van der Waals surface area contributed by atoms with E-state index in [9.17, 15) is 0 Å². The van der Waals surface area contributed by atoms with Gasteiger partial charge in [-0.1, -0.05) is 26.8 Å². The predicted octanol–water partition coefficient (Wildman–Crippen LogP) is 3.37. The maximum absolute atomic E-state index is 3.43. The lowest BCUT2D eigenvalue weighted by Crippen LogP contribution is -2.46. The van der Waals surface area contributed by atoms with Crippen LogP contribution in [-0.4, -0.2) is 26.7 Å². The van der Waals surface area contributed by atoms with Crippen molar-refractivity contribution in [3.8, 4) is 0 Å². The van der Waals surface area contributed by atoms with E-state index in [-0.39, 0.29) is 5.41 Å². The van der Waals surface area contributed by atoms with E-state index in [1.54, 1.807) is 0 Å². The van der Waals surface area contributed by atoms with E-state index in [2.05, 4.69) is 70.1 Å². The molecule has 0 fully saturated rings. The molecule has 0 saturated carbocycles. The first-order valence-electron chi connectivity index (χ1n) is 6.70. The molecule has 0 radical (unpaired) electrons. The molecule has 0 amide bonds. The first-order valence-corrected chi connectivity index (χ1v) is 6.70. The summed E-state index contributed by atoms with van der Waals surface area (Å²) in [6.45, 7) is 12.2. The van der Waals surface area contributed by atoms with Crippen LogP contribution in [-0.2, 0) is 0 Å². The van der Waals surface area contributed by atoms with Gasteiger partial charge in [0.15, 0.2) is 0 Å². The summed E-state index contributed by atoms with van der Waals surface area (Å²) < 4.78 is 0. The number of hydrogen-bond donors (Lipinski definition) is 1. The zero-order valence-electron chi connectivity index (χ0n) is 13.0. The Kier molecular flexibility index (Phi) is 4.80. The summed E-state index contributed by atoms with van der Waals surface area (Å²) in [6.07, 6.45) is 0. The number of nitrogens with one attached hydrogen (secondary N) is 1. The van der Waals surface area contributed by atoms with Crippen molar-refractivity contribution in [3.63, 3.8) is 0 Å². The molecule has 1 atom stereocenters. The quantitative estimate of drug-likeness (QED) is 0.879. The third-order valence-electron chi connectivity index (χ3n) is 3.50. The fourth-order valence-electron chi connectivity index (χ4n) is 2.35. The second-order valence-electron chi connectivity index (χ2n) is 6.43. The number of rotatable bonds is 4. The Morgan fingerprint density at radius 3 is 2.00 bits per heavy atom. The molecule has 0 saturated heterocycles. The van der Waals surface area contributed by atoms with Crippen LogP contribution in [0.25, 0.3) is 0 Å². The Morgan fingerprint density at radius 1 is 1.11 bits per heavy atom. The second kappa shape index (κ2) is 5.75. The molecule has 0 aliphatic carbocycles. The van der Waals surface area contributed by atoms with E-state index in [1.165, 1.54) is 16.8 Å². The molecule has 0 aliphatic rings. The van der Waals surface area contributed by atoms with E-state index in [0.29, 0.717) is 6.04 Å². The summed E-state index contributed by atoms with van der Waals surface area (Å²) in [5.41, 5.74) is 4.22. The highest BCUT2D eigenvalue weighted by Gasteiger charge is 2.24. The fraction of sp³-hybridized carbons (Fsp3) is 0.625. The number of likely N-dealkylation sites (N-methyl/N-ethyl adjacent to an activating group) is 2. The number of nitrogens with zero attached hydrogens (tertiary/aromatic N) is 1. The van der Waals surface area contributed by atoms with Crippen LogP contribution in [0.4, 0.5) is 5.69 Å². The standard InChI is InChI=1S/C16H28N2/c1-12-8-13(2)10-14(9-12)18(7)11-15(17-6)16(3,4)5/h8-10,15,17H,11H2,1-7H3. The minimum Gasteiger partial charge on any atom is -0.373 e. The number of anilines is 1. The molecule has 0 aliphatic heterocycles. The van der Waals surface area contributed by atoms with Gasteiger partial charge in [0.25, 0.3) is 0 Å². The zero-order valence-corrected chi connectivity index (χ0v) is 13.0. The Labute approximate surface area is 112 Å². The molecule has 1 aromatic rings. The van der Waals surface area contributed by atoms with Crippen molar-refractivity contribution in [2.75, 3.05) is 25.5 Å². The van der Waals surface area contributed by atoms with Crippen molar-refractivity contribution in [1.29, 1.82) is 0 Å². The van der Waals surface area contributed by atoms with Crippen LogP contribution in [0.1, 0.15) is 31.9 Å². The summed E-state index contributed by atoms with van der Waals surface area (Å²) in [6, 6.07) is 7.20. The molecule has 1 rings (SSSR count). The summed E-state index contributed by atoms with van der Waals surface area (Å²) in [4.78, 5) is 2.34. The average Bonchev–Trinajstić information content (AvgIpc) is 2.22. The fourth-order valence-corrected chi connectivity index (χ4v) is 2.35. The van der Waals surface area contributed by atoms with Gasteiger partial charge >= 0.3 is 0 Å². The van der Waals surface area contributed by atoms with Gasteiger partial charge in [0.2, 0.25) is 0 Å². The Bertz CT molecular complexity index is 370. The second-order valence-corrected chi connectivity index (χ2v) is 6.43.